The Morgan fingerprint density at radius 2 is 1.82 bits per heavy atom. The van der Waals surface area contributed by atoms with E-state index in [-0.39, 0.29) is 5.91 Å². The minimum Gasteiger partial charge on any atom is -0.494 e. The first-order valence-electron chi connectivity index (χ1n) is 17.0. The topological polar surface area (TPSA) is 123 Å². The van der Waals surface area contributed by atoms with E-state index in [0.717, 1.165) is 81.7 Å². The van der Waals surface area contributed by atoms with Crippen molar-refractivity contribution in [1.82, 2.24) is 24.4 Å². The highest BCUT2D eigenvalue weighted by Crippen LogP contribution is 2.44. The number of ether oxygens (including phenoxy) is 2. The van der Waals surface area contributed by atoms with E-state index in [1.54, 1.807) is 25.8 Å². The van der Waals surface area contributed by atoms with E-state index in [0.29, 0.717) is 52.3 Å². The molecular formula is C37H40N8O4. The fourth-order valence-electron chi connectivity index (χ4n) is 7.12. The van der Waals surface area contributed by atoms with Crippen LogP contribution in [0.15, 0.2) is 78.3 Å². The van der Waals surface area contributed by atoms with Crippen LogP contribution in [0.2, 0.25) is 0 Å². The van der Waals surface area contributed by atoms with E-state index >= 15 is 0 Å². The number of hydrogen-bond donors (Lipinski definition) is 2. The molecule has 3 aliphatic rings. The Bertz CT molecular complexity index is 1970. The number of amides is 1. The number of carbonyl (C=O) groups excluding carboxylic acids is 1. The molecule has 49 heavy (non-hydrogen) atoms. The maximum atomic E-state index is 12.7. The van der Waals surface area contributed by atoms with Crippen molar-refractivity contribution in [3.05, 3.63) is 73.9 Å². The highest BCUT2D eigenvalue weighted by Gasteiger charge is 2.29. The average Bonchev–Trinajstić information content (AvgIpc) is 3.70. The van der Waals surface area contributed by atoms with Crippen LogP contribution in [0, 0.1) is 0 Å². The van der Waals surface area contributed by atoms with Gasteiger partial charge in [0.05, 0.1) is 54.8 Å². The SMILES string of the molecule is C=CC(=O)Nc1cc(Nc2ncc(-c3ncco3)c(-c3cn(C4CC4)c4ccccc34)n2)c(OC)cc1N1CCC(N2CCOCC2)CC1. The van der Waals surface area contributed by atoms with Crippen molar-refractivity contribution in [3.8, 4) is 28.5 Å². The lowest BCUT2D eigenvalue weighted by atomic mass is 10.0. The quantitative estimate of drug-likeness (QED) is 0.166. The molecule has 5 aromatic rings. The predicted molar refractivity (Wildman–Crippen MR) is 189 cm³/mol. The summed E-state index contributed by atoms with van der Waals surface area (Å²) in [5.74, 6) is 1.13. The molecule has 12 heteroatoms. The van der Waals surface area contributed by atoms with Crippen molar-refractivity contribution in [2.75, 3.05) is 62.0 Å². The number of anilines is 4. The van der Waals surface area contributed by atoms with E-state index in [1.807, 2.05) is 18.2 Å². The first-order valence-corrected chi connectivity index (χ1v) is 17.0. The molecule has 1 saturated carbocycles. The number of aromatic nitrogens is 4. The van der Waals surface area contributed by atoms with Crippen molar-refractivity contribution in [1.29, 1.82) is 0 Å². The third-order valence-electron chi connectivity index (χ3n) is 9.76. The molecule has 0 atom stereocenters. The monoisotopic (exact) mass is 660 g/mol. The number of fused-ring (bicyclic) bond motifs is 1. The van der Waals surface area contributed by atoms with Crippen LogP contribution >= 0.6 is 0 Å². The third kappa shape index (κ3) is 6.25. The van der Waals surface area contributed by atoms with E-state index in [1.165, 1.54) is 11.6 Å². The predicted octanol–water partition coefficient (Wildman–Crippen LogP) is 6.27. The molecule has 12 nitrogen and oxygen atoms in total. The molecule has 8 rings (SSSR count). The molecule has 0 bridgehead atoms. The fraction of sp³-hybridized carbons (Fsp3) is 0.351. The number of carbonyl (C=O) groups is 1. The van der Waals surface area contributed by atoms with Crippen molar-refractivity contribution in [2.24, 2.45) is 0 Å². The van der Waals surface area contributed by atoms with E-state index in [9.17, 15) is 4.79 Å². The summed E-state index contributed by atoms with van der Waals surface area (Å²) in [6.07, 6.45) is 12.7. The van der Waals surface area contributed by atoms with Crippen LogP contribution in [-0.2, 0) is 9.53 Å². The van der Waals surface area contributed by atoms with Gasteiger partial charge in [-0.25, -0.2) is 15.0 Å². The van der Waals surface area contributed by atoms with Gasteiger partial charge in [0.1, 0.15) is 12.0 Å². The van der Waals surface area contributed by atoms with Crippen LogP contribution < -0.4 is 20.3 Å². The van der Waals surface area contributed by atoms with Crippen molar-refractivity contribution >= 4 is 39.8 Å². The van der Waals surface area contributed by atoms with Gasteiger partial charge in [-0.15, -0.1) is 0 Å². The number of morpholine rings is 1. The van der Waals surface area contributed by atoms with Gasteiger partial charge in [-0.05, 0) is 43.9 Å². The number of oxazole rings is 1. The molecule has 0 radical (unpaired) electrons. The van der Waals surface area contributed by atoms with Crippen molar-refractivity contribution in [3.63, 3.8) is 0 Å². The summed E-state index contributed by atoms with van der Waals surface area (Å²) in [6.45, 7) is 8.93. The number of benzene rings is 2. The molecule has 3 aromatic heterocycles. The largest absolute Gasteiger partial charge is 0.494 e. The summed E-state index contributed by atoms with van der Waals surface area (Å²) in [7, 11) is 1.64. The minimum absolute atomic E-state index is 0.290. The Balaban J connectivity index is 1.14. The summed E-state index contributed by atoms with van der Waals surface area (Å²) in [5.41, 5.74) is 5.70. The first-order chi connectivity index (χ1) is 24.1. The highest BCUT2D eigenvalue weighted by atomic mass is 16.5. The molecule has 2 N–H and O–H groups in total. The molecule has 5 heterocycles. The minimum atomic E-state index is -0.290. The van der Waals surface area contributed by atoms with Crippen LogP contribution in [0.25, 0.3) is 33.6 Å². The lowest BCUT2D eigenvalue weighted by molar-refractivity contribution is -0.111. The molecule has 0 spiro atoms. The Morgan fingerprint density at radius 3 is 2.55 bits per heavy atom. The van der Waals surface area contributed by atoms with Gasteiger partial charge in [0, 0.05) is 73.2 Å². The Kier molecular flexibility index (Phi) is 8.48. The Hall–Kier alpha value is -5.20. The van der Waals surface area contributed by atoms with Crippen LogP contribution in [-0.4, -0.2) is 82.9 Å². The van der Waals surface area contributed by atoms with Crippen molar-refractivity contribution < 1.29 is 18.7 Å². The smallest absolute Gasteiger partial charge is 0.247 e. The maximum absolute atomic E-state index is 12.7. The van der Waals surface area contributed by atoms with Gasteiger partial charge in [-0.3, -0.25) is 9.69 Å². The number of piperidine rings is 1. The molecule has 1 amide bonds. The molecular weight excluding hydrogens is 620 g/mol. The normalized spacial score (nSPS) is 17.3. The van der Waals surface area contributed by atoms with Crippen LogP contribution in [0.5, 0.6) is 5.75 Å². The van der Waals surface area contributed by atoms with Gasteiger partial charge in [0.2, 0.25) is 17.7 Å². The van der Waals surface area contributed by atoms with Crippen LogP contribution in [0.4, 0.5) is 23.0 Å². The number of methoxy groups -OCH3 is 1. The zero-order valence-electron chi connectivity index (χ0n) is 27.6. The van der Waals surface area contributed by atoms with E-state index < -0.39 is 0 Å². The van der Waals surface area contributed by atoms with Gasteiger partial charge >= 0.3 is 0 Å². The van der Waals surface area contributed by atoms with Gasteiger partial charge in [-0.1, -0.05) is 24.8 Å². The average molecular weight is 661 g/mol. The Labute approximate surface area is 284 Å². The second-order valence-electron chi connectivity index (χ2n) is 12.7. The van der Waals surface area contributed by atoms with Crippen molar-refractivity contribution in [2.45, 2.75) is 37.8 Å². The molecule has 2 saturated heterocycles. The lowest BCUT2D eigenvalue weighted by Crippen LogP contribution is -2.49. The first kappa shape index (κ1) is 31.1. The zero-order chi connectivity index (χ0) is 33.3. The van der Waals surface area contributed by atoms with Gasteiger partial charge in [-0.2, -0.15) is 0 Å². The van der Waals surface area contributed by atoms with Gasteiger partial charge in [0.25, 0.3) is 0 Å². The summed E-state index contributed by atoms with van der Waals surface area (Å²) in [6, 6.07) is 13.3. The number of hydrogen-bond acceptors (Lipinski definition) is 10. The third-order valence-corrected chi connectivity index (χ3v) is 9.76. The van der Waals surface area contributed by atoms with Crippen LogP contribution in [0.1, 0.15) is 31.7 Å². The fourth-order valence-corrected chi connectivity index (χ4v) is 7.12. The highest BCUT2D eigenvalue weighted by molar-refractivity contribution is 6.02. The molecule has 252 valence electrons. The second-order valence-corrected chi connectivity index (χ2v) is 12.7. The summed E-state index contributed by atoms with van der Waals surface area (Å²) >= 11 is 0. The van der Waals surface area contributed by atoms with Gasteiger partial charge < -0.3 is 34.0 Å². The zero-order valence-corrected chi connectivity index (χ0v) is 27.6. The van der Waals surface area contributed by atoms with E-state index in [4.69, 9.17) is 18.9 Å². The molecule has 2 aromatic carbocycles. The van der Waals surface area contributed by atoms with Crippen LogP contribution in [0.3, 0.4) is 0 Å². The van der Waals surface area contributed by atoms with Gasteiger partial charge in [0.15, 0.2) is 0 Å². The number of nitrogens with zero attached hydrogens (tertiary/aromatic N) is 6. The Morgan fingerprint density at radius 1 is 1.00 bits per heavy atom. The number of para-hydroxylation sites is 1. The summed E-state index contributed by atoms with van der Waals surface area (Å²) in [4.78, 5) is 31.7. The standard InChI is InChI=1S/C37H40N8O4/c1-3-34(46)40-29-20-30(33(47-2)21-32(29)44-13-10-24(11-14-44)43-15-18-48-19-16-43)41-37-39-22-27(36-38-12-17-49-36)35(42-37)28-23-45(25-8-9-25)31-7-5-4-6-26(28)31/h3-7,12,17,20-25H,1,8-11,13-16,18-19H2,2H3,(H,40,46)(H,39,41,42). The van der Waals surface area contributed by atoms with E-state index in [2.05, 4.69) is 65.9 Å². The molecule has 3 fully saturated rings. The second kappa shape index (κ2) is 13.4. The number of nitrogens with one attached hydrogen (secondary N) is 2. The lowest BCUT2D eigenvalue weighted by Gasteiger charge is -2.41. The maximum Gasteiger partial charge on any atom is 0.247 e. The molecule has 2 aliphatic heterocycles. The number of rotatable bonds is 10. The molecule has 0 unspecified atom stereocenters. The summed E-state index contributed by atoms with van der Waals surface area (Å²) < 4.78 is 19.6. The molecule has 1 aliphatic carbocycles. The summed E-state index contributed by atoms with van der Waals surface area (Å²) in [5, 5.41) is 7.51.